The second-order valence-electron chi connectivity index (χ2n) is 7.37. The van der Waals surface area contributed by atoms with E-state index in [2.05, 4.69) is 5.32 Å². The number of rotatable bonds is 11. The molecule has 0 aromatic heterocycles. The third-order valence-corrected chi connectivity index (χ3v) is 4.82. The highest BCUT2D eigenvalue weighted by Gasteiger charge is 2.36. The highest BCUT2D eigenvalue weighted by molar-refractivity contribution is 5.89. The van der Waals surface area contributed by atoms with Crippen LogP contribution in [0.25, 0.3) is 0 Å². The number of hydrogen-bond acceptors (Lipinski definition) is 7. The normalized spacial score (nSPS) is 18.6. The number of amides is 1. The Hall–Kier alpha value is -3.73. The molecular formula is C24H32N2O9. The van der Waals surface area contributed by atoms with E-state index < -0.39 is 66.0 Å². The fourth-order valence-corrected chi connectivity index (χ4v) is 3.25. The van der Waals surface area contributed by atoms with E-state index in [1.165, 1.54) is 11.8 Å². The number of carbonyl (C=O) groups excluding carboxylic acids is 2. The first kappa shape index (κ1) is 21.8. The van der Waals surface area contributed by atoms with Crippen LogP contribution in [0.15, 0.2) is 42.4 Å². The number of carbonyl (C=O) groups is 5. The van der Waals surface area contributed by atoms with Gasteiger partial charge in [-0.1, -0.05) is 30.2 Å². The van der Waals surface area contributed by atoms with Crippen molar-refractivity contribution in [2.45, 2.75) is 57.7 Å². The van der Waals surface area contributed by atoms with Crippen LogP contribution in [-0.2, 0) is 35.1 Å². The van der Waals surface area contributed by atoms with Crippen LogP contribution in [0.4, 0.5) is 0 Å². The molecule has 0 bridgehead atoms. The largest absolute Gasteiger partial charge is 0.480 e. The summed E-state index contributed by atoms with van der Waals surface area (Å²) in [6, 6.07) is -4.88. The summed E-state index contributed by atoms with van der Waals surface area (Å²) in [4.78, 5) is 57.0. The van der Waals surface area contributed by atoms with E-state index in [1.807, 2.05) is 0 Å². The third-order valence-electron chi connectivity index (χ3n) is 4.82. The minimum atomic E-state index is -1.26. The lowest BCUT2D eigenvalue weighted by Crippen LogP contribution is -2.53. The molecule has 4 N–H and O–H groups in total. The summed E-state index contributed by atoms with van der Waals surface area (Å²) in [5.41, 5.74) is 0.0663. The molecule has 0 spiro atoms. The molecule has 0 radical (unpaired) electrons. The average molecular weight is 498 g/mol. The number of likely N-dealkylation sites (tertiary alicyclic amines) is 1. The zero-order valence-corrected chi connectivity index (χ0v) is 19.4. The summed E-state index contributed by atoms with van der Waals surface area (Å²) in [6.45, 7) is 3.56. The SMILES string of the molecule is O=C(O)C=CC(=O)O.[2H]c1c([2H])c([2H])c(CCC(NC(C)C(=O)N2CCCC2C(=O)O)C(=O)OCC)c([2H])c1[2H]. The molecule has 1 aromatic rings. The van der Waals surface area contributed by atoms with Gasteiger partial charge in [0.1, 0.15) is 12.1 Å². The Balaban J connectivity index is 0.000000869. The van der Waals surface area contributed by atoms with Crippen molar-refractivity contribution in [3.8, 4) is 0 Å². The standard InChI is InChI=1S/C20H28N2O5.C4H4O4/c1-3-27-20(26)16(12-11-15-8-5-4-6-9-15)21-14(2)18(23)22-13-7-10-17(22)19(24)25;5-3(6)1-2-4(7)8/h4-6,8-9,14,16-17,21H,3,7,10-13H2,1-2H3,(H,24,25);1-2H,(H,5,6)(H,7,8)/i4D,5D,6D,8D,9D;. The molecule has 1 aromatic carbocycles. The van der Waals surface area contributed by atoms with Crippen LogP contribution in [0.1, 0.15) is 45.5 Å². The lowest BCUT2D eigenvalue weighted by Gasteiger charge is -2.27. The molecule has 35 heavy (non-hydrogen) atoms. The molecule has 1 fully saturated rings. The summed E-state index contributed by atoms with van der Waals surface area (Å²) in [7, 11) is 0. The van der Waals surface area contributed by atoms with Crippen molar-refractivity contribution < 1.29 is 50.9 Å². The molecular weight excluding hydrogens is 460 g/mol. The smallest absolute Gasteiger partial charge is 0.328 e. The summed E-state index contributed by atoms with van der Waals surface area (Å²) in [5.74, 6) is -4.69. The van der Waals surface area contributed by atoms with Crippen molar-refractivity contribution in [3.63, 3.8) is 0 Å². The van der Waals surface area contributed by atoms with E-state index in [-0.39, 0.29) is 37.1 Å². The number of esters is 1. The first-order chi connectivity index (χ1) is 18.6. The van der Waals surface area contributed by atoms with Gasteiger partial charge in [0.05, 0.1) is 19.5 Å². The number of ether oxygens (including phenoxy) is 1. The lowest BCUT2D eigenvalue weighted by atomic mass is 10.0. The van der Waals surface area contributed by atoms with E-state index in [9.17, 15) is 29.1 Å². The van der Waals surface area contributed by atoms with Gasteiger partial charge in [0, 0.05) is 18.7 Å². The van der Waals surface area contributed by atoms with Crippen LogP contribution in [-0.4, -0.2) is 81.3 Å². The summed E-state index contributed by atoms with van der Waals surface area (Å²) < 4.78 is 44.4. The fourth-order valence-electron chi connectivity index (χ4n) is 3.25. The molecule has 2 rings (SSSR count). The quantitative estimate of drug-likeness (QED) is 0.258. The monoisotopic (exact) mass is 497 g/mol. The van der Waals surface area contributed by atoms with Crippen LogP contribution in [0.3, 0.4) is 0 Å². The first-order valence-corrected chi connectivity index (χ1v) is 10.8. The number of carboxylic acid groups (broad SMARTS) is 3. The van der Waals surface area contributed by atoms with Crippen molar-refractivity contribution in [1.29, 1.82) is 0 Å². The number of hydrogen-bond donors (Lipinski definition) is 4. The fraction of sp³-hybridized carbons (Fsp3) is 0.458. The van der Waals surface area contributed by atoms with Gasteiger partial charge in [-0.25, -0.2) is 14.4 Å². The molecule has 3 atom stereocenters. The second kappa shape index (κ2) is 15.2. The van der Waals surface area contributed by atoms with Gasteiger partial charge in [0.25, 0.3) is 0 Å². The van der Waals surface area contributed by atoms with Crippen LogP contribution in [0.5, 0.6) is 0 Å². The van der Waals surface area contributed by atoms with E-state index in [0.29, 0.717) is 31.5 Å². The number of nitrogens with zero attached hydrogens (tertiary/aromatic N) is 1. The van der Waals surface area contributed by atoms with Crippen molar-refractivity contribution >= 4 is 29.8 Å². The molecule has 0 aliphatic carbocycles. The molecule has 192 valence electrons. The minimum absolute atomic E-state index is 0.0193. The lowest BCUT2D eigenvalue weighted by molar-refractivity contribution is -0.150. The Morgan fingerprint density at radius 1 is 1.14 bits per heavy atom. The van der Waals surface area contributed by atoms with Gasteiger partial charge >= 0.3 is 23.9 Å². The van der Waals surface area contributed by atoms with E-state index in [0.717, 1.165) is 0 Å². The van der Waals surface area contributed by atoms with E-state index >= 15 is 0 Å². The predicted octanol–water partition coefficient (Wildman–Crippen LogP) is 1.32. The zero-order chi connectivity index (χ0) is 30.7. The molecule has 11 heteroatoms. The van der Waals surface area contributed by atoms with Crippen LogP contribution in [0.2, 0.25) is 0 Å². The van der Waals surface area contributed by atoms with E-state index in [4.69, 9.17) is 21.8 Å². The maximum Gasteiger partial charge on any atom is 0.328 e. The van der Waals surface area contributed by atoms with Crippen LogP contribution < -0.4 is 5.32 Å². The van der Waals surface area contributed by atoms with Gasteiger partial charge in [-0.15, -0.1) is 0 Å². The average Bonchev–Trinajstić information content (AvgIpc) is 3.39. The molecule has 1 amide bonds. The second-order valence-corrected chi connectivity index (χ2v) is 7.37. The topological polar surface area (TPSA) is 171 Å². The van der Waals surface area contributed by atoms with Gasteiger partial charge in [0.2, 0.25) is 5.91 Å². The maximum atomic E-state index is 12.8. The van der Waals surface area contributed by atoms with Gasteiger partial charge in [-0.05, 0) is 45.1 Å². The van der Waals surface area contributed by atoms with Crippen molar-refractivity contribution in [3.05, 3.63) is 47.9 Å². The minimum Gasteiger partial charge on any atom is -0.480 e. The molecule has 1 aliphatic heterocycles. The van der Waals surface area contributed by atoms with Gasteiger partial charge in [0.15, 0.2) is 0 Å². The Morgan fingerprint density at radius 2 is 1.74 bits per heavy atom. The maximum absolute atomic E-state index is 12.8. The van der Waals surface area contributed by atoms with Gasteiger partial charge in [-0.3, -0.25) is 14.9 Å². The summed E-state index contributed by atoms with van der Waals surface area (Å²) >= 11 is 0. The molecule has 0 saturated carbocycles. The molecule has 1 aliphatic rings. The molecule has 1 heterocycles. The number of carboxylic acids is 3. The predicted molar refractivity (Wildman–Crippen MR) is 125 cm³/mol. The van der Waals surface area contributed by atoms with Crippen molar-refractivity contribution in [1.82, 2.24) is 10.2 Å². The van der Waals surface area contributed by atoms with Crippen LogP contribution >= 0.6 is 0 Å². The van der Waals surface area contributed by atoms with Gasteiger partial charge in [-0.2, -0.15) is 0 Å². The molecule has 1 saturated heterocycles. The van der Waals surface area contributed by atoms with Crippen molar-refractivity contribution in [2.24, 2.45) is 0 Å². The summed E-state index contributed by atoms with van der Waals surface area (Å²) in [6.07, 6.45) is 2.06. The molecule has 3 unspecified atom stereocenters. The van der Waals surface area contributed by atoms with Gasteiger partial charge < -0.3 is 25.0 Å². The Morgan fingerprint density at radius 3 is 2.26 bits per heavy atom. The molecule has 11 nitrogen and oxygen atoms in total. The Kier molecular flexibility index (Phi) is 9.47. The highest BCUT2D eigenvalue weighted by atomic mass is 16.5. The number of aliphatic carboxylic acids is 3. The summed E-state index contributed by atoms with van der Waals surface area (Å²) in [5, 5.41) is 27.8. The third kappa shape index (κ3) is 10.8. The zero-order valence-electron chi connectivity index (χ0n) is 24.4. The number of benzene rings is 1. The van der Waals surface area contributed by atoms with Crippen LogP contribution in [0, 0.1) is 0 Å². The number of nitrogens with one attached hydrogen (secondary N) is 1. The Bertz CT molecular complexity index is 1120. The highest BCUT2D eigenvalue weighted by Crippen LogP contribution is 2.19. The Labute approximate surface area is 210 Å². The van der Waals surface area contributed by atoms with Crippen molar-refractivity contribution in [2.75, 3.05) is 13.2 Å². The first-order valence-electron chi connectivity index (χ1n) is 13.3. The van der Waals surface area contributed by atoms with E-state index in [1.54, 1.807) is 6.92 Å².